The molecule has 2 N–H and O–H groups in total. The Labute approximate surface area is 145 Å². The van der Waals surface area contributed by atoms with Crippen LogP contribution in [-0.2, 0) is 25.6 Å². The van der Waals surface area contributed by atoms with Crippen LogP contribution in [0.25, 0.3) is 0 Å². The number of hydrogen-bond donors (Lipinski definition) is 2. The van der Waals surface area contributed by atoms with Crippen LogP contribution in [0.2, 0.25) is 5.02 Å². The molecule has 7 heteroatoms. The highest BCUT2D eigenvalue weighted by molar-refractivity contribution is 6.35. The molecule has 0 aromatic heterocycles. The second-order valence-corrected chi connectivity index (χ2v) is 6.56. The van der Waals surface area contributed by atoms with Gasteiger partial charge in [-0.2, -0.15) is 0 Å². The van der Waals surface area contributed by atoms with E-state index >= 15 is 0 Å². The molecular weight excluding hydrogens is 332 g/mol. The van der Waals surface area contributed by atoms with Gasteiger partial charge in [-0.05, 0) is 24.5 Å². The zero-order valence-corrected chi connectivity index (χ0v) is 14.1. The highest BCUT2D eigenvalue weighted by Crippen LogP contribution is 2.38. The van der Waals surface area contributed by atoms with Gasteiger partial charge in [0.05, 0.1) is 6.61 Å². The summed E-state index contributed by atoms with van der Waals surface area (Å²) in [5, 5.41) is 5.70. The Bertz CT molecular complexity index is 616. The lowest BCUT2D eigenvalue weighted by Gasteiger charge is -2.21. The third-order valence-corrected chi connectivity index (χ3v) is 4.74. The van der Waals surface area contributed by atoms with Gasteiger partial charge in [0.15, 0.2) is 5.79 Å². The van der Waals surface area contributed by atoms with Gasteiger partial charge in [0.1, 0.15) is 6.10 Å². The highest BCUT2D eigenvalue weighted by Gasteiger charge is 2.43. The fourth-order valence-corrected chi connectivity index (χ4v) is 3.28. The average Bonchev–Trinajstić information content (AvgIpc) is 3.21. The largest absolute Gasteiger partial charge is 0.347 e. The molecule has 3 rings (SSSR count). The number of amides is 2. The van der Waals surface area contributed by atoms with Gasteiger partial charge in [-0.1, -0.05) is 29.8 Å². The maximum absolute atomic E-state index is 11.9. The summed E-state index contributed by atoms with van der Waals surface area (Å²) in [6.45, 7) is 0.916. The molecule has 1 saturated carbocycles. The predicted molar refractivity (Wildman–Crippen MR) is 88.3 cm³/mol. The zero-order valence-electron chi connectivity index (χ0n) is 13.3. The van der Waals surface area contributed by atoms with Gasteiger partial charge < -0.3 is 20.1 Å². The molecule has 1 heterocycles. The van der Waals surface area contributed by atoms with Crippen LogP contribution in [-0.4, -0.2) is 36.9 Å². The minimum absolute atomic E-state index is 0.205. The Morgan fingerprint density at radius 3 is 2.62 bits per heavy atom. The lowest BCUT2D eigenvalue weighted by Crippen LogP contribution is -2.43. The van der Waals surface area contributed by atoms with Crippen LogP contribution in [0.5, 0.6) is 0 Å². The number of benzene rings is 1. The van der Waals surface area contributed by atoms with Crippen molar-refractivity contribution in [3.63, 3.8) is 0 Å². The van der Waals surface area contributed by atoms with E-state index in [0.29, 0.717) is 11.6 Å². The van der Waals surface area contributed by atoms with E-state index in [1.165, 1.54) is 0 Å². The first-order chi connectivity index (χ1) is 11.6. The van der Waals surface area contributed by atoms with Crippen molar-refractivity contribution in [3.05, 3.63) is 34.9 Å². The van der Waals surface area contributed by atoms with Crippen LogP contribution in [0.1, 0.15) is 31.2 Å². The van der Waals surface area contributed by atoms with Gasteiger partial charge >= 0.3 is 11.8 Å². The summed E-state index contributed by atoms with van der Waals surface area (Å²) in [6, 6.07) is 7.16. The molecule has 24 heavy (non-hydrogen) atoms. The summed E-state index contributed by atoms with van der Waals surface area (Å²) < 4.78 is 11.6. The maximum Gasteiger partial charge on any atom is 0.309 e. The molecule has 1 spiro atoms. The Balaban J connectivity index is 1.40. The van der Waals surface area contributed by atoms with Crippen LogP contribution in [0, 0.1) is 0 Å². The van der Waals surface area contributed by atoms with Crippen molar-refractivity contribution in [2.24, 2.45) is 0 Å². The smallest absolute Gasteiger partial charge is 0.309 e. The summed E-state index contributed by atoms with van der Waals surface area (Å²) >= 11 is 6.01. The number of hydrogen-bond acceptors (Lipinski definition) is 4. The molecule has 1 saturated heterocycles. The molecule has 0 radical (unpaired) electrons. The minimum Gasteiger partial charge on any atom is -0.347 e. The van der Waals surface area contributed by atoms with Gasteiger partial charge in [-0.15, -0.1) is 0 Å². The van der Waals surface area contributed by atoms with Gasteiger partial charge in [-0.3, -0.25) is 9.59 Å². The standard InChI is InChI=1S/C17H21ClN2O4/c18-14-6-2-1-5-12(14)9-19-15(21)16(22)20-10-13-11-23-17(24-13)7-3-4-8-17/h1-2,5-6,13H,3-4,7-11H2,(H,19,21)(H,20,22)/t13-/m0/s1. The predicted octanol–water partition coefficient (Wildman–Crippen LogP) is 1.76. The summed E-state index contributed by atoms with van der Waals surface area (Å²) in [5.41, 5.74) is 0.760. The van der Waals surface area contributed by atoms with E-state index in [0.717, 1.165) is 31.2 Å². The number of rotatable bonds is 4. The molecule has 0 bridgehead atoms. The molecule has 1 aliphatic carbocycles. The average molecular weight is 353 g/mol. The number of ether oxygens (including phenoxy) is 2. The second kappa shape index (κ2) is 7.51. The molecule has 130 valence electrons. The van der Waals surface area contributed by atoms with E-state index in [-0.39, 0.29) is 19.2 Å². The summed E-state index contributed by atoms with van der Waals surface area (Å²) in [7, 11) is 0. The Hall–Kier alpha value is -1.63. The molecule has 2 aliphatic rings. The van der Waals surface area contributed by atoms with Gasteiger partial charge in [0, 0.05) is 31.0 Å². The maximum atomic E-state index is 11.9. The molecular formula is C17H21ClN2O4. The van der Waals surface area contributed by atoms with E-state index in [4.69, 9.17) is 21.1 Å². The van der Waals surface area contributed by atoms with Gasteiger partial charge in [0.25, 0.3) is 0 Å². The van der Waals surface area contributed by atoms with Crippen LogP contribution in [0.4, 0.5) is 0 Å². The molecule has 1 aromatic rings. The first-order valence-electron chi connectivity index (χ1n) is 8.19. The number of carbonyl (C=O) groups excluding carboxylic acids is 2. The summed E-state index contributed by atoms with van der Waals surface area (Å²) in [4.78, 5) is 23.7. The van der Waals surface area contributed by atoms with Crippen molar-refractivity contribution < 1.29 is 19.1 Å². The van der Waals surface area contributed by atoms with E-state index in [1.54, 1.807) is 18.2 Å². The van der Waals surface area contributed by atoms with Crippen molar-refractivity contribution in [2.75, 3.05) is 13.2 Å². The molecule has 0 unspecified atom stereocenters. The van der Waals surface area contributed by atoms with Crippen molar-refractivity contribution in [1.29, 1.82) is 0 Å². The Morgan fingerprint density at radius 2 is 1.88 bits per heavy atom. The van der Waals surface area contributed by atoms with Gasteiger partial charge in [0.2, 0.25) is 0 Å². The van der Waals surface area contributed by atoms with E-state index < -0.39 is 17.6 Å². The Morgan fingerprint density at radius 1 is 1.17 bits per heavy atom. The normalized spacial score (nSPS) is 21.8. The van der Waals surface area contributed by atoms with Crippen LogP contribution in [0.3, 0.4) is 0 Å². The first-order valence-corrected chi connectivity index (χ1v) is 8.57. The first kappa shape index (κ1) is 17.2. The van der Waals surface area contributed by atoms with Crippen LogP contribution in [0.15, 0.2) is 24.3 Å². The van der Waals surface area contributed by atoms with Crippen LogP contribution < -0.4 is 10.6 Å². The fourth-order valence-electron chi connectivity index (χ4n) is 3.08. The van der Waals surface area contributed by atoms with Crippen molar-refractivity contribution >= 4 is 23.4 Å². The molecule has 6 nitrogen and oxygen atoms in total. The quantitative estimate of drug-likeness (QED) is 0.809. The highest BCUT2D eigenvalue weighted by atomic mass is 35.5. The monoisotopic (exact) mass is 352 g/mol. The lowest BCUT2D eigenvalue weighted by atomic mass is 10.2. The molecule has 2 fully saturated rings. The van der Waals surface area contributed by atoms with Crippen LogP contribution >= 0.6 is 11.6 Å². The lowest BCUT2D eigenvalue weighted by molar-refractivity contribution is -0.161. The number of halogens is 1. The van der Waals surface area contributed by atoms with Crippen molar-refractivity contribution in [1.82, 2.24) is 10.6 Å². The van der Waals surface area contributed by atoms with E-state index in [9.17, 15) is 9.59 Å². The van der Waals surface area contributed by atoms with Crippen molar-refractivity contribution in [2.45, 2.75) is 44.1 Å². The SMILES string of the molecule is O=C(NCc1ccccc1Cl)C(=O)NC[C@H]1COC2(CCCC2)O1. The zero-order chi connectivity index (χ0) is 17.0. The third kappa shape index (κ3) is 4.06. The number of carbonyl (C=O) groups is 2. The molecule has 1 aromatic carbocycles. The van der Waals surface area contributed by atoms with Crippen molar-refractivity contribution in [3.8, 4) is 0 Å². The van der Waals surface area contributed by atoms with Gasteiger partial charge in [-0.25, -0.2) is 0 Å². The fraction of sp³-hybridized carbons (Fsp3) is 0.529. The second-order valence-electron chi connectivity index (χ2n) is 6.15. The van der Waals surface area contributed by atoms with E-state index in [1.807, 2.05) is 6.07 Å². The minimum atomic E-state index is -0.690. The Kier molecular flexibility index (Phi) is 5.38. The van der Waals surface area contributed by atoms with E-state index in [2.05, 4.69) is 10.6 Å². The third-order valence-electron chi connectivity index (χ3n) is 4.37. The molecule has 2 amide bonds. The number of nitrogens with one attached hydrogen (secondary N) is 2. The summed E-state index contributed by atoms with van der Waals surface area (Å²) in [5.74, 6) is -1.83. The molecule has 1 aliphatic heterocycles. The molecule has 1 atom stereocenters. The topological polar surface area (TPSA) is 76.7 Å². The summed E-state index contributed by atoms with van der Waals surface area (Å²) in [6.07, 6.45) is 3.79.